The molecule has 0 radical (unpaired) electrons. The first-order valence-electron chi connectivity index (χ1n) is 23.5. The molecule has 0 bridgehead atoms. The van der Waals surface area contributed by atoms with Gasteiger partial charge in [0, 0.05) is 34.5 Å². The van der Waals surface area contributed by atoms with Crippen molar-refractivity contribution in [1.29, 1.82) is 0 Å². The van der Waals surface area contributed by atoms with Gasteiger partial charge >= 0.3 is 12.2 Å². The molecule has 7 heterocycles. The van der Waals surface area contributed by atoms with Gasteiger partial charge in [-0.05, 0) is 92.8 Å². The van der Waals surface area contributed by atoms with Crippen molar-refractivity contribution in [3.05, 3.63) is 88.1 Å². The molecule has 0 spiro atoms. The van der Waals surface area contributed by atoms with Crippen LogP contribution in [-0.4, -0.2) is 103 Å². The van der Waals surface area contributed by atoms with Gasteiger partial charge < -0.3 is 49.7 Å². The van der Waals surface area contributed by atoms with E-state index >= 15 is 4.39 Å². The molecule has 3 fully saturated rings. The van der Waals surface area contributed by atoms with Crippen LogP contribution in [-0.2, 0) is 24.7 Å². The summed E-state index contributed by atoms with van der Waals surface area (Å²) in [4.78, 5) is 73.4. The molecular weight excluding hydrogens is 906 g/mol. The van der Waals surface area contributed by atoms with Crippen LogP contribution in [0.3, 0.4) is 0 Å². The van der Waals surface area contributed by atoms with Crippen LogP contribution in [0.2, 0.25) is 0 Å². The summed E-state index contributed by atoms with van der Waals surface area (Å²) in [5.41, 5.74) is 3.52. The van der Waals surface area contributed by atoms with Gasteiger partial charge in [0.15, 0.2) is 0 Å². The number of rotatable bonds is 12. The number of aromatic nitrogens is 5. The number of ether oxygens (including phenoxy) is 3. The monoisotopic (exact) mass is 961 g/mol. The summed E-state index contributed by atoms with van der Waals surface area (Å²) in [5.74, 6) is 0.269. The van der Waals surface area contributed by atoms with Crippen LogP contribution in [0, 0.1) is 17.7 Å². The van der Waals surface area contributed by atoms with Crippen molar-refractivity contribution in [2.24, 2.45) is 11.8 Å². The minimum atomic E-state index is -0.849. The van der Waals surface area contributed by atoms with Gasteiger partial charge in [0.05, 0.1) is 77.3 Å². The van der Waals surface area contributed by atoms with Crippen LogP contribution >= 0.6 is 11.3 Å². The van der Waals surface area contributed by atoms with Crippen molar-refractivity contribution >= 4 is 46.2 Å². The van der Waals surface area contributed by atoms with Gasteiger partial charge in [0.2, 0.25) is 18.0 Å². The Morgan fingerprint density at radius 1 is 0.812 bits per heavy atom. The van der Waals surface area contributed by atoms with Crippen LogP contribution in [0.1, 0.15) is 106 Å². The third-order valence-electron chi connectivity index (χ3n) is 14.0. The van der Waals surface area contributed by atoms with E-state index in [4.69, 9.17) is 19.2 Å². The fourth-order valence-electron chi connectivity index (χ4n) is 10.1. The van der Waals surface area contributed by atoms with Gasteiger partial charge in [-0.2, -0.15) is 0 Å². The number of carbonyl (C=O) groups excluding carboxylic acids is 4. The van der Waals surface area contributed by atoms with Gasteiger partial charge in [-0.25, -0.2) is 23.9 Å². The lowest BCUT2D eigenvalue weighted by molar-refractivity contribution is -0.136. The van der Waals surface area contributed by atoms with Crippen LogP contribution in [0.5, 0.6) is 5.75 Å². The molecule has 2 aromatic carbocycles. The van der Waals surface area contributed by atoms with E-state index < -0.39 is 41.9 Å². The van der Waals surface area contributed by atoms with Crippen molar-refractivity contribution in [3.8, 4) is 39.5 Å². The summed E-state index contributed by atoms with van der Waals surface area (Å²) in [6.45, 7) is 8.51. The zero-order valence-corrected chi connectivity index (χ0v) is 40.1. The highest BCUT2D eigenvalue weighted by molar-refractivity contribution is 7.12. The molecule has 2 saturated heterocycles. The van der Waals surface area contributed by atoms with Crippen molar-refractivity contribution in [2.75, 3.05) is 27.3 Å². The minimum Gasteiger partial charge on any atom is -0.464 e. The smallest absolute Gasteiger partial charge is 0.407 e. The van der Waals surface area contributed by atoms with E-state index in [1.165, 1.54) is 31.6 Å². The molecule has 69 heavy (non-hydrogen) atoms. The zero-order chi connectivity index (χ0) is 48.5. The summed E-state index contributed by atoms with van der Waals surface area (Å²) in [7, 11) is 2.53. The van der Waals surface area contributed by atoms with Crippen molar-refractivity contribution in [2.45, 2.75) is 102 Å². The molecule has 5 atom stereocenters. The number of likely N-dealkylation sites (tertiary alicyclic amines) is 2. The molecule has 1 saturated carbocycles. The van der Waals surface area contributed by atoms with Crippen molar-refractivity contribution in [3.63, 3.8) is 0 Å². The lowest BCUT2D eigenvalue weighted by Crippen LogP contribution is -2.51. The molecule has 5 N–H and O–H groups in total. The summed E-state index contributed by atoms with van der Waals surface area (Å²) in [6.07, 6.45) is 5.64. The molecule has 1 unspecified atom stereocenters. The average molecular weight is 962 g/mol. The van der Waals surface area contributed by atoms with Crippen LogP contribution < -0.4 is 15.4 Å². The largest absolute Gasteiger partial charge is 0.464 e. The topological polar surface area (TPSA) is 209 Å². The zero-order valence-electron chi connectivity index (χ0n) is 39.3. The number of aromatic amines is 2. The summed E-state index contributed by atoms with van der Waals surface area (Å²) >= 11 is 1.48. The lowest BCUT2D eigenvalue weighted by Gasteiger charge is -2.30. The van der Waals surface area contributed by atoms with Gasteiger partial charge in [-0.1, -0.05) is 33.8 Å². The molecule has 17 nitrogen and oxygen atoms in total. The third-order valence-corrected chi connectivity index (χ3v) is 15.3. The molecule has 4 amide bonds. The Balaban J connectivity index is 0.971. The molecule has 4 aromatic heterocycles. The van der Waals surface area contributed by atoms with E-state index in [1.807, 2.05) is 74.7 Å². The number of nitrogens with zero attached hydrogens (tertiary/aromatic N) is 5. The van der Waals surface area contributed by atoms with E-state index in [1.54, 1.807) is 22.2 Å². The number of hydrogen-bond donors (Lipinski definition) is 5. The molecule has 362 valence electrons. The molecular formula is C50H56FN9O8S. The number of nitrogens with one attached hydrogen (secondary N) is 4. The molecule has 6 aromatic rings. The highest BCUT2D eigenvalue weighted by Crippen LogP contribution is 2.52. The number of carbonyl (C=O) groups is 4. The number of aliphatic hydroxyl groups is 1. The Kier molecular flexibility index (Phi) is 12.0. The SMILES string of the molecule is COC(=O)N[C@H](C(=O)N1CCC[C@H]1c1ncc(-c2cc(F)c3c(c2)OC(c2ccc(C4(O)CC4)s2)n2c-3cc3cc(-c4cnc([C@@H]5CCCN5C(=O)[C@@H](NC(=O)OC)C(C)C)[nH]4)ccc32)[nH]1)C(C)C. The third kappa shape index (κ3) is 8.38. The standard InChI is InChI=1S/C50H56FN9O8S/c1-25(2)41(56-48(63)66-5)45(61)58-17-7-9-34(58)43-52-23-31(54-43)27-11-12-33-29(19-27)21-36-40-30(51)20-28(22-37(40)68-47(60(33)36)38-13-14-39(69-38)50(65)15-16-50)32-24-53-44(55-32)35-10-8-18-59(35)46(62)42(26(3)4)57-49(64)67-6/h11-14,19-26,34-35,41-42,47,65H,7-10,15-18H2,1-6H3,(H,52,54)(H,53,55)(H,56,63)(H,57,64)/t34-,35-,41-,42-,47?/m0/s1. The van der Waals surface area contributed by atoms with E-state index in [-0.39, 0.29) is 35.7 Å². The summed E-state index contributed by atoms with van der Waals surface area (Å²) in [6, 6.07) is 12.9. The minimum absolute atomic E-state index is 0.162. The van der Waals surface area contributed by atoms with Gasteiger partial charge in [-0.3, -0.25) is 14.2 Å². The van der Waals surface area contributed by atoms with Crippen LogP contribution in [0.4, 0.5) is 14.0 Å². The number of H-pyrrole nitrogens is 2. The number of amides is 4. The first-order valence-corrected chi connectivity index (χ1v) is 24.4. The molecule has 1 aliphatic carbocycles. The summed E-state index contributed by atoms with van der Waals surface area (Å²) < 4.78 is 35.4. The quantitative estimate of drug-likeness (QED) is 0.0793. The predicted molar refractivity (Wildman–Crippen MR) is 254 cm³/mol. The number of thiophene rings is 1. The van der Waals surface area contributed by atoms with E-state index in [2.05, 4.69) is 25.6 Å². The van der Waals surface area contributed by atoms with Crippen molar-refractivity contribution in [1.82, 2.24) is 44.9 Å². The molecule has 4 aliphatic rings. The van der Waals surface area contributed by atoms with E-state index in [0.717, 1.165) is 44.8 Å². The fourth-order valence-corrected chi connectivity index (χ4v) is 11.3. The Hall–Kier alpha value is -6.73. The number of fused-ring (bicyclic) bond motifs is 5. The lowest BCUT2D eigenvalue weighted by atomic mass is 10.0. The Bertz CT molecular complexity index is 2970. The average Bonchev–Trinajstić information content (AvgIpc) is 4.12. The first kappa shape index (κ1) is 46.0. The Morgan fingerprint density at radius 3 is 1.94 bits per heavy atom. The van der Waals surface area contributed by atoms with Gasteiger partial charge in [-0.15, -0.1) is 11.3 Å². The number of imidazole rings is 2. The highest BCUT2D eigenvalue weighted by atomic mass is 32.1. The van der Waals surface area contributed by atoms with Crippen LogP contribution in [0.25, 0.3) is 44.7 Å². The highest BCUT2D eigenvalue weighted by Gasteiger charge is 2.45. The van der Waals surface area contributed by atoms with Crippen LogP contribution in [0.15, 0.2) is 60.9 Å². The fraction of sp³-hybridized carbons (Fsp3) is 0.440. The van der Waals surface area contributed by atoms with Gasteiger partial charge in [0.25, 0.3) is 0 Å². The summed E-state index contributed by atoms with van der Waals surface area (Å²) in [5, 5.41) is 17.3. The van der Waals surface area contributed by atoms with E-state index in [9.17, 15) is 24.3 Å². The van der Waals surface area contributed by atoms with E-state index in [0.29, 0.717) is 78.7 Å². The second-order valence-electron chi connectivity index (χ2n) is 19.2. The molecule has 3 aliphatic heterocycles. The first-order chi connectivity index (χ1) is 33.2. The number of halogens is 1. The number of alkyl carbamates (subject to hydrolysis) is 2. The Labute approximate surface area is 401 Å². The molecule has 10 rings (SSSR count). The maximum atomic E-state index is 16.9. The number of hydrogen-bond acceptors (Lipinski definition) is 11. The second-order valence-corrected chi connectivity index (χ2v) is 20.3. The van der Waals surface area contributed by atoms with Gasteiger partial charge in [0.1, 0.15) is 35.3 Å². The second kappa shape index (κ2) is 18.0. The number of methoxy groups -OCH3 is 2. The Morgan fingerprint density at radius 2 is 1.39 bits per heavy atom. The number of benzene rings is 2. The maximum Gasteiger partial charge on any atom is 0.407 e. The van der Waals surface area contributed by atoms with Crippen molar-refractivity contribution < 1.29 is 42.9 Å². The molecule has 19 heteroatoms. The maximum absolute atomic E-state index is 16.9. The predicted octanol–water partition coefficient (Wildman–Crippen LogP) is 8.30. The normalized spacial score (nSPS) is 20.1.